The monoisotopic (exact) mass is 388 g/mol. The molecule has 0 spiro atoms. The number of amides is 1. The Balaban J connectivity index is 1.35. The highest BCUT2D eigenvalue weighted by molar-refractivity contribution is 5.77. The van der Waals surface area contributed by atoms with E-state index in [0.717, 1.165) is 57.1 Å². The molecule has 8 nitrogen and oxygen atoms in total. The molecule has 2 aliphatic heterocycles. The number of benzene rings is 1. The van der Waals surface area contributed by atoms with Gasteiger partial charge in [-0.15, -0.1) is 5.10 Å². The summed E-state index contributed by atoms with van der Waals surface area (Å²) in [4.78, 5) is 17.0. The zero-order valence-corrected chi connectivity index (χ0v) is 15.8. The lowest BCUT2D eigenvalue weighted by molar-refractivity contribution is -0.132. The third kappa shape index (κ3) is 4.36. The first-order valence-corrected chi connectivity index (χ1v) is 9.81. The minimum atomic E-state index is -0.258. The lowest BCUT2D eigenvalue weighted by atomic mass is 10.0. The molecule has 0 saturated carbocycles. The van der Waals surface area contributed by atoms with Gasteiger partial charge in [-0.25, -0.2) is 9.07 Å². The Morgan fingerprint density at radius 2 is 1.96 bits per heavy atom. The lowest BCUT2D eigenvalue weighted by Gasteiger charge is -2.26. The summed E-state index contributed by atoms with van der Waals surface area (Å²) in [5, 5.41) is 11.9. The standard InChI is InChI=1S/C19H25FN6O2/c20-16-5-3-15(4-6-16)17-2-1-8-25(17)19(27)7-9-26-18(21-22-23-26)14-24-10-12-28-13-11-24/h3-6,17H,1-2,7-14H2. The number of tetrazole rings is 1. The third-order valence-electron chi connectivity index (χ3n) is 5.44. The quantitative estimate of drug-likeness (QED) is 0.745. The third-order valence-corrected chi connectivity index (χ3v) is 5.44. The number of likely N-dealkylation sites (tertiary alicyclic amines) is 1. The maximum Gasteiger partial charge on any atom is 0.224 e. The lowest BCUT2D eigenvalue weighted by Crippen LogP contribution is -2.36. The van der Waals surface area contributed by atoms with Crippen LogP contribution < -0.4 is 0 Å². The number of nitrogens with zero attached hydrogens (tertiary/aromatic N) is 6. The first-order chi connectivity index (χ1) is 13.7. The Hall–Kier alpha value is -2.39. The second-order valence-electron chi connectivity index (χ2n) is 7.25. The van der Waals surface area contributed by atoms with Crippen molar-refractivity contribution in [2.24, 2.45) is 0 Å². The fourth-order valence-electron chi connectivity index (χ4n) is 3.91. The van der Waals surface area contributed by atoms with Gasteiger partial charge < -0.3 is 9.64 Å². The summed E-state index contributed by atoms with van der Waals surface area (Å²) in [5.41, 5.74) is 0.989. The SMILES string of the molecule is O=C(CCn1nnnc1CN1CCOCC1)N1CCCC1c1ccc(F)cc1. The van der Waals surface area contributed by atoms with Crippen molar-refractivity contribution in [2.45, 2.75) is 38.4 Å². The highest BCUT2D eigenvalue weighted by Crippen LogP contribution is 2.32. The van der Waals surface area contributed by atoms with Gasteiger partial charge in [0.25, 0.3) is 0 Å². The number of hydrogen-bond acceptors (Lipinski definition) is 6. The molecular weight excluding hydrogens is 363 g/mol. The van der Waals surface area contributed by atoms with Gasteiger partial charge in [0.2, 0.25) is 5.91 Å². The first kappa shape index (κ1) is 18.9. The van der Waals surface area contributed by atoms with Gasteiger partial charge >= 0.3 is 0 Å². The molecule has 0 aliphatic carbocycles. The summed E-state index contributed by atoms with van der Waals surface area (Å²) < 4.78 is 20.3. The van der Waals surface area contributed by atoms with Crippen LogP contribution in [0.2, 0.25) is 0 Å². The molecule has 28 heavy (non-hydrogen) atoms. The van der Waals surface area contributed by atoms with Crippen molar-refractivity contribution < 1.29 is 13.9 Å². The minimum absolute atomic E-state index is 0.0230. The van der Waals surface area contributed by atoms with Gasteiger partial charge in [-0.2, -0.15) is 0 Å². The fraction of sp³-hybridized carbons (Fsp3) is 0.579. The Morgan fingerprint density at radius 1 is 1.18 bits per heavy atom. The number of carbonyl (C=O) groups excluding carboxylic acids is 1. The summed E-state index contributed by atoms with van der Waals surface area (Å²) in [7, 11) is 0. The Kier molecular flexibility index (Phi) is 5.92. The molecule has 2 saturated heterocycles. The van der Waals surface area contributed by atoms with Gasteiger partial charge in [0.1, 0.15) is 5.82 Å². The van der Waals surface area contributed by atoms with Crippen LogP contribution in [0.3, 0.4) is 0 Å². The number of hydrogen-bond donors (Lipinski definition) is 0. The summed E-state index contributed by atoms with van der Waals surface area (Å²) in [6.07, 6.45) is 2.21. The maximum absolute atomic E-state index is 13.2. The van der Waals surface area contributed by atoms with Crippen molar-refractivity contribution >= 4 is 5.91 Å². The number of rotatable bonds is 6. The highest BCUT2D eigenvalue weighted by atomic mass is 19.1. The second-order valence-corrected chi connectivity index (χ2v) is 7.25. The van der Waals surface area contributed by atoms with E-state index < -0.39 is 0 Å². The molecule has 1 aromatic carbocycles. The topological polar surface area (TPSA) is 76.4 Å². The smallest absolute Gasteiger partial charge is 0.224 e. The molecule has 2 fully saturated rings. The molecular formula is C19H25FN6O2. The fourth-order valence-corrected chi connectivity index (χ4v) is 3.91. The number of carbonyl (C=O) groups is 1. The second kappa shape index (κ2) is 8.74. The Morgan fingerprint density at radius 3 is 2.75 bits per heavy atom. The number of morpholine rings is 1. The molecule has 1 unspecified atom stereocenters. The van der Waals surface area contributed by atoms with Crippen molar-refractivity contribution in [3.05, 3.63) is 41.5 Å². The Labute approximate surface area is 163 Å². The zero-order chi connectivity index (χ0) is 19.3. The van der Waals surface area contributed by atoms with Gasteiger partial charge in [0.05, 0.1) is 32.3 Å². The van der Waals surface area contributed by atoms with Crippen LogP contribution in [-0.2, 0) is 22.6 Å². The van der Waals surface area contributed by atoms with Crippen LogP contribution in [0.25, 0.3) is 0 Å². The molecule has 0 radical (unpaired) electrons. The van der Waals surface area contributed by atoms with Gasteiger partial charge in [-0.1, -0.05) is 12.1 Å². The van der Waals surface area contributed by atoms with Crippen LogP contribution >= 0.6 is 0 Å². The molecule has 1 atom stereocenters. The average molecular weight is 388 g/mol. The molecule has 1 aromatic heterocycles. The zero-order valence-electron chi connectivity index (χ0n) is 15.8. The van der Waals surface area contributed by atoms with E-state index in [4.69, 9.17) is 4.74 Å². The predicted molar refractivity (Wildman–Crippen MR) is 98.6 cm³/mol. The van der Waals surface area contributed by atoms with Crippen LogP contribution in [0.1, 0.15) is 36.7 Å². The Bertz CT molecular complexity index is 790. The van der Waals surface area contributed by atoms with Crippen molar-refractivity contribution in [3.63, 3.8) is 0 Å². The number of halogens is 1. The summed E-state index contributed by atoms with van der Waals surface area (Å²) >= 11 is 0. The van der Waals surface area contributed by atoms with E-state index in [1.165, 1.54) is 12.1 Å². The summed E-state index contributed by atoms with van der Waals surface area (Å²) in [6, 6.07) is 6.47. The van der Waals surface area contributed by atoms with Crippen molar-refractivity contribution in [2.75, 3.05) is 32.8 Å². The number of ether oxygens (including phenoxy) is 1. The molecule has 4 rings (SSSR count). The molecule has 2 aliphatic rings. The van der Waals surface area contributed by atoms with Crippen LogP contribution in [0, 0.1) is 5.82 Å². The van der Waals surface area contributed by atoms with E-state index in [9.17, 15) is 9.18 Å². The van der Waals surface area contributed by atoms with Crippen LogP contribution in [0.15, 0.2) is 24.3 Å². The minimum Gasteiger partial charge on any atom is -0.379 e. The van der Waals surface area contributed by atoms with E-state index >= 15 is 0 Å². The van der Waals surface area contributed by atoms with Crippen molar-refractivity contribution in [1.82, 2.24) is 30.0 Å². The van der Waals surface area contributed by atoms with E-state index in [0.29, 0.717) is 19.5 Å². The molecule has 0 bridgehead atoms. The molecule has 1 amide bonds. The van der Waals surface area contributed by atoms with Gasteiger partial charge in [0, 0.05) is 26.1 Å². The number of aromatic nitrogens is 4. The van der Waals surface area contributed by atoms with Crippen molar-refractivity contribution in [3.8, 4) is 0 Å². The van der Waals surface area contributed by atoms with Crippen LogP contribution in [-0.4, -0.2) is 68.8 Å². The molecule has 0 N–H and O–H groups in total. The van der Waals surface area contributed by atoms with Crippen LogP contribution in [0.4, 0.5) is 4.39 Å². The number of aryl methyl sites for hydroxylation is 1. The van der Waals surface area contributed by atoms with Crippen molar-refractivity contribution in [1.29, 1.82) is 0 Å². The van der Waals surface area contributed by atoms with Gasteiger partial charge in [0.15, 0.2) is 5.82 Å². The predicted octanol–water partition coefficient (Wildman–Crippen LogP) is 1.40. The van der Waals surface area contributed by atoms with E-state index in [2.05, 4.69) is 20.4 Å². The highest BCUT2D eigenvalue weighted by Gasteiger charge is 2.29. The van der Waals surface area contributed by atoms with E-state index in [1.54, 1.807) is 16.8 Å². The van der Waals surface area contributed by atoms with E-state index in [-0.39, 0.29) is 17.8 Å². The molecule has 3 heterocycles. The van der Waals surface area contributed by atoms with Gasteiger partial charge in [-0.05, 0) is 41.0 Å². The summed E-state index contributed by atoms with van der Waals surface area (Å²) in [6.45, 7) is 5.01. The van der Waals surface area contributed by atoms with Gasteiger partial charge in [-0.3, -0.25) is 9.69 Å². The average Bonchev–Trinajstić information content (AvgIpc) is 3.37. The summed E-state index contributed by atoms with van der Waals surface area (Å²) in [5.74, 6) is 0.594. The first-order valence-electron chi connectivity index (χ1n) is 9.81. The van der Waals surface area contributed by atoms with E-state index in [1.807, 2.05) is 4.90 Å². The molecule has 150 valence electrons. The molecule has 2 aromatic rings. The molecule has 9 heteroatoms. The maximum atomic E-state index is 13.2. The van der Waals surface area contributed by atoms with Crippen LogP contribution in [0.5, 0.6) is 0 Å². The largest absolute Gasteiger partial charge is 0.379 e. The normalized spacial score (nSPS) is 20.6.